The zero-order valence-electron chi connectivity index (χ0n) is 28.3. The Morgan fingerprint density at radius 2 is 0.880 bits per heavy atom. The zero-order valence-corrected chi connectivity index (χ0v) is 28.3. The van der Waals surface area contributed by atoms with Crippen LogP contribution >= 0.6 is 0 Å². The number of fused-ring (bicyclic) bond motifs is 2. The molecule has 238 valence electrons. The summed E-state index contributed by atoms with van der Waals surface area (Å²) in [4.78, 5) is 2.46. The van der Waals surface area contributed by atoms with Crippen LogP contribution < -0.4 is 4.90 Å². The third-order valence-electron chi connectivity index (χ3n) is 10.4. The summed E-state index contributed by atoms with van der Waals surface area (Å²) in [6, 6.07) is 68.5. The normalized spacial score (nSPS) is 12.8. The average Bonchev–Trinajstić information content (AvgIpc) is 3.18. The van der Waals surface area contributed by atoms with Crippen molar-refractivity contribution < 1.29 is 0 Å². The molecule has 0 saturated heterocycles. The lowest BCUT2D eigenvalue weighted by Crippen LogP contribution is -2.27. The van der Waals surface area contributed by atoms with Gasteiger partial charge in [0.1, 0.15) is 0 Å². The summed E-state index contributed by atoms with van der Waals surface area (Å²) >= 11 is 0. The second-order valence-electron chi connectivity index (χ2n) is 13.7. The molecule has 1 nitrogen and oxygen atoms in total. The number of hydrogen-bond acceptors (Lipinski definition) is 1. The van der Waals surface area contributed by atoms with E-state index in [2.05, 4.69) is 207 Å². The number of rotatable bonds is 6. The summed E-state index contributed by atoms with van der Waals surface area (Å²) in [6.45, 7) is 4.80. The van der Waals surface area contributed by atoms with Gasteiger partial charge in [-0.2, -0.15) is 0 Å². The van der Waals surface area contributed by atoms with Crippen LogP contribution in [0.2, 0.25) is 0 Å². The van der Waals surface area contributed by atoms with Gasteiger partial charge in [-0.05, 0) is 96.7 Å². The highest BCUT2D eigenvalue weighted by Gasteiger charge is 2.38. The molecule has 0 heterocycles. The van der Waals surface area contributed by atoms with Crippen molar-refractivity contribution in [1.29, 1.82) is 0 Å². The fraction of sp³-hybridized carbons (Fsp3) is 0.0612. The minimum atomic E-state index is -0.264. The van der Waals surface area contributed by atoms with E-state index in [0.717, 1.165) is 11.4 Å². The van der Waals surface area contributed by atoms with Crippen LogP contribution in [0.3, 0.4) is 0 Å². The van der Waals surface area contributed by atoms with E-state index in [0.29, 0.717) is 0 Å². The Kier molecular flexibility index (Phi) is 7.21. The third kappa shape index (κ3) is 4.94. The van der Waals surface area contributed by atoms with Crippen molar-refractivity contribution in [3.63, 3.8) is 0 Å². The van der Waals surface area contributed by atoms with Gasteiger partial charge in [-0.3, -0.25) is 0 Å². The largest absolute Gasteiger partial charge is 0.310 e. The quantitative estimate of drug-likeness (QED) is 0.175. The predicted octanol–water partition coefficient (Wildman–Crippen LogP) is 13.6. The van der Waals surface area contributed by atoms with Crippen molar-refractivity contribution in [3.8, 4) is 44.5 Å². The Labute approximate surface area is 294 Å². The van der Waals surface area contributed by atoms with E-state index in [9.17, 15) is 0 Å². The van der Waals surface area contributed by atoms with Crippen molar-refractivity contribution in [2.45, 2.75) is 19.3 Å². The van der Waals surface area contributed by atoms with Gasteiger partial charge in [0, 0.05) is 16.8 Å². The Hall–Kier alpha value is -6.18. The van der Waals surface area contributed by atoms with Crippen molar-refractivity contribution in [3.05, 3.63) is 199 Å². The van der Waals surface area contributed by atoms with Crippen LogP contribution in [0.25, 0.3) is 55.3 Å². The minimum absolute atomic E-state index is 0.264. The SMILES string of the molecule is CC1(C)c2c(cccc2N(c2ccc(-c3ccccc3)cc2)c2ccc(-c3ccccc3)cc2)-c2c(-c3ccccc3)ccc3cccc1c23. The second kappa shape index (κ2) is 12.1. The first-order valence-corrected chi connectivity index (χ1v) is 17.4. The Bertz CT molecular complexity index is 2380. The van der Waals surface area contributed by atoms with E-state index in [1.807, 2.05) is 0 Å². The van der Waals surface area contributed by atoms with Gasteiger partial charge in [0.15, 0.2) is 0 Å². The monoisotopic (exact) mass is 639 g/mol. The zero-order chi connectivity index (χ0) is 33.7. The lowest BCUT2D eigenvalue weighted by atomic mass is 9.66. The first-order chi connectivity index (χ1) is 24.6. The minimum Gasteiger partial charge on any atom is -0.310 e. The molecule has 0 radical (unpaired) electrons. The molecule has 0 unspecified atom stereocenters. The van der Waals surface area contributed by atoms with E-state index >= 15 is 0 Å². The molecule has 50 heavy (non-hydrogen) atoms. The van der Waals surface area contributed by atoms with Crippen molar-refractivity contribution >= 4 is 27.8 Å². The molecule has 8 aromatic rings. The van der Waals surface area contributed by atoms with Gasteiger partial charge in [-0.15, -0.1) is 0 Å². The molecule has 1 aliphatic rings. The topological polar surface area (TPSA) is 3.24 Å². The number of hydrogen-bond donors (Lipinski definition) is 0. The smallest absolute Gasteiger partial charge is 0.0508 e. The highest BCUT2D eigenvalue weighted by molar-refractivity contribution is 6.10. The first kappa shape index (κ1) is 29.9. The van der Waals surface area contributed by atoms with E-state index in [-0.39, 0.29) is 5.41 Å². The van der Waals surface area contributed by atoms with Crippen LogP contribution in [0.15, 0.2) is 188 Å². The maximum atomic E-state index is 2.46. The molecule has 0 spiro atoms. The maximum Gasteiger partial charge on any atom is 0.0508 e. The molecule has 0 bridgehead atoms. The van der Waals surface area contributed by atoms with Crippen LogP contribution in [-0.2, 0) is 5.41 Å². The fourth-order valence-electron chi connectivity index (χ4n) is 8.06. The molecule has 1 aliphatic carbocycles. The predicted molar refractivity (Wildman–Crippen MR) is 213 cm³/mol. The van der Waals surface area contributed by atoms with E-state index in [1.165, 1.54) is 72.1 Å². The standard InChI is InChI=1S/C49H37N/c1-49(2)44-22-12-20-39-28-33-42(38-18-10-5-11-19-38)47(46(39)44)43-21-13-23-45(48(43)49)50(40-29-24-36(25-30-40)34-14-6-3-7-15-34)41-31-26-37(27-32-41)35-16-8-4-9-17-35/h3-33H,1-2H3. The van der Waals surface area contributed by atoms with E-state index in [4.69, 9.17) is 0 Å². The van der Waals surface area contributed by atoms with Crippen LogP contribution in [0.1, 0.15) is 25.0 Å². The molecular formula is C49H37N. The lowest BCUT2D eigenvalue weighted by molar-refractivity contribution is 0.646. The van der Waals surface area contributed by atoms with Crippen LogP contribution in [-0.4, -0.2) is 0 Å². The Morgan fingerprint density at radius 3 is 1.44 bits per heavy atom. The van der Waals surface area contributed by atoms with Gasteiger partial charge < -0.3 is 4.90 Å². The Balaban J connectivity index is 1.29. The molecular weight excluding hydrogens is 603 g/mol. The number of benzene rings is 8. The van der Waals surface area contributed by atoms with Gasteiger partial charge in [-0.1, -0.05) is 172 Å². The van der Waals surface area contributed by atoms with Gasteiger partial charge in [0.2, 0.25) is 0 Å². The summed E-state index contributed by atoms with van der Waals surface area (Å²) in [7, 11) is 0. The fourth-order valence-corrected chi connectivity index (χ4v) is 8.06. The summed E-state index contributed by atoms with van der Waals surface area (Å²) in [6.07, 6.45) is 0. The molecule has 0 aliphatic heterocycles. The number of nitrogens with zero attached hydrogens (tertiary/aromatic N) is 1. The van der Waals surface area contributed by atoms with Crippen LogP contribution in [0.5, 0.6) is 0 Å². The van der Waals surface area contributed by atoms with Gasteiger partial charge >= 0.3 is 0 Å². The molecule has 9 rings (SSSR count). The molecule has 0 amide bonds. The van der Waals surface area contributed by atoms with Crippen molar-refractivity contribution in [2.24, 2.45) is 0 Å². The average molecular weight is 640 g/mol. The summed E-state index contributed by atoms with van der Waals surface area (Å²) in [5.41, 5.74) is 15.8. The molecule has 8 aromatic carbocycles. The summed E-state index contributed by atoms with van der Waals surface area (Å²) in [5, 5.41) is 2.64. The van der Waals surface area contributed by atoms with Gasteiger partial charge in [0.05, 0.1) is 5.69 Å². The third-order valence-corrected chi connectivity index (χ3v) is 10.4. The van der Waals surface area contributed by atoms with E-state index in [1.54, 1.807) is 0 Å². The second-order valence-corrected chi connectivity index (χ2v) is 13.7. The van der Waals surface area contributed by atoms with Crippen molar-refractivity contribution in [2.75, 3.05) is 4.90 Å². The highest BCUT2D eigenvalue weighted by Crippen LogP contribution is 2.55. The summed E-state index contributed by atoms with van der Waals surface area (Å²) < 4.78 is 0. The van der Waals surface area contributed by atoms with E-state index < -0.39 is 0 Å². The molecule has 0 atom stereocenters. The lowest BCUT2D eigenvalue weighted by Gasteiger charge is -2.40. The Morgan fingerprint density at radius 1 is 0.380 bits per heavy atom. The number of anilines is 3. The highest BCUT2D eigenvalue weighted by atomic mass is 15.1. The van der Waals surface area contributed by atoms with Crippen molar-refractivity contribution in [1.82, 2.24) is 0 Å². The first-order valence-electron chi connectivity index (χ1n) is 17.4. The molecule has 0 fully saturated rings. The molecule has 0 saturated carbocycles. The van der Waals surface area contributed by atoms with Crippen LogP contribution in [0, 0.1) is 0 Å². The molecule has 0 N–H and O–H groups in total. The maximum absolute atomic E-state index is 2.46. The van der Waals surface area contributed by atoms with Gasteiger partial charge in [-0.25, -0.2) is 0 Å². The van der Waals surface area contributed by atoms with Crippen LogP contribution in [0.4, 0.5) is 17.1 Å². The molecule has 1 heteroatoms. The summed E-state index contributed by atoms with van der Waals surface area (Å²) in [5.74, 6) is 0. The van der Waals surface area contributed by atoms with Gasteiger partial charge in [0.25, 0.3) is 0 Å². The molecule has 0 aromatic heterocycles.